The standard InChI is InChI=1S/C19H22N6O2/c1-13-17(14(2)27-23-13)10-24-9-16-8-21-12-25(16)18(11-24)19(26)22-7-15-4-3-5-20-6-15/h3-6,8,12,18H,7,9-11H2,1-2H3,(H,22,26)/t18-/m1/s1. The van der Waals surface area contributed by atoms with Gasteiger partial charge in [-0.1, -0.05) is 11.2 Å². The molecule has 0 radical (unpaired) electrons. The number of rotatable bonds is 5. The second-order valence-electron chi connectivity index (χ2n) is 6.86. The van der Waals surface area contributed by atoms with E-state index in [1.165, 1.54) is 0 Å². The Morgan fingerprint density at radius 3 is 2.96 bits per heavy atom. The smallest absolute Gasteiger partial charge is 0.244 e. The number of hydrogen-bond acceptors (Lipinski definition) is 6. The summed E-state index contributed by atoms with van der Waals surface area (Å²) in [6.07, 6.45) is 7.03. The monoisotopic (exact) mass is 366 g/mol. The SMILES string of the molecule is Cc1noc(C)c1CN1Cc2cncn2[C@@H](C(=O)NCc2cccnc2)C1. The molecule has 0 aromatic carbocycles. The van der Waals surface area contributed by atoms with Crippen LogP contribution in [-0.4, -0.2) is 37.0 Å². The predicted molar refractivity (Wildman–Crippen MR) is 97.4 cm³/mol. The number of carbonyl (C=O) groups is 1. The number of hydrogen-bond donors (Lipinski definition) is 1. The van der Waals surface area contributed by atoms with Crippen molar-refractivity contribution in [2.75, 3.05) is 6.54 Å². The molecule has 0 spiro atoms. The third-order valence-electron chi connectivity index (χ3n) is 4.95. The van der Waals surface area contributed by atoms with Crippen LogP contribution in [0.15, 0.2) is 41.6 Å². The van der Waals surface area contributed by atoms with Crippen molar-refractivity contribution in [1.29, 1.82) is 0 Å². The van der Waals surface area contributed by atoms with E-state index in [0.29, 0.717) is 19.6 Å². The molecule has 1 aliphatic heterocycles. The van der Waals surface area contributed by atoms with E-state index < -0.39 is 0 Å². The van der Waals surface area contributed by atoms with E-state index in [0.717, 1.165) is 34.8 Å². The first-order chi connectivity index (χ1) is 13.1. The number of pyridine rings is 1. The summed E-state index contributed by atoms with van der Waals surface area (Å²) < 4.78 is 7.23. The van der Waals surface area contributed by atoms with Crippen LogP contribution in [0, 0.1) is 13.8 Å². The van der Waals surface area contributed by atoms with Crippen molar-refractivity contribution in [3.8, 4) is 0 Å². The van der Waals surface area contributed by atoms with Gasteiger partial charge in [-0.15, -0.1) is 0 Å². The molecule has 4 rings (SSSR count). The van der Waals surface area contributed by atoms with E-state index in [4.69, 9.17) is 4.52 Å². The molecule has 140 valence electrons. The van der Waals surface area contributed by atoms with Gasteiger partial charge < -0.3 is 14.4 Å². The highest BCUT2D eigenvalue weighted by molar-refractivity contribution is 5.80. The lowest BCUT2D eigenvalue weighted by atomic mass is 10.1. The minimum absolute atomic E-state index is 0.0263. The third kappa shape index (κ3) is 3.61. The number of imidazole rings is 1. The van der Waals surface area contributed by atoms with Crippen LogP contribution in [0.2, 0.25) is 0 Å². The molecule has 1 N–H and O–H groups in total. The van der Waals surface area contributed by atoms with Crippen molar-refractivity contribution >= 4 is 5.91 Å². The molecule has 1 amide bonds. The Balaban J connectivity index is 1.49. The summed E-state index contributed by atoms with van der Waals surface area (Å²) in [5, 5.41) is 7.05. The van der Waals surface area contributed by atoms with E-state index in [-0.39, 0.29) is 11.9 Å². The molecule has 3 aromatic rings. The van der Waals surface area contributed by atoms with E-state index in [1.54, 1.807) is 18.7 Å². The summed E-state index contributed by atoms with van der Waals surface area (Å²) in [6.45, 7) is 6.35. The second kappa shape index (κ2) is 7.32. The molecule has 1 atom stereocenters. The lowest BCUT2D eigenvalue weighted by Crippen LogP contribution is -2.44. The fourth-order valence-corrected chi connectivity index (χ4v) is 3.45. The first kappa shape index (κ1) is 17.4. The first-order valence-corrected chi connectivity index (χ1v) is 8.93. The Morgan fingerprint density at radius 2 is 2.22 bits per heavy atom. The van der Waals surface area contributed by atoms with Crippen molar-refractivity contribution in [3.05, 3.63) is 65.3 Å². The van der Waals surface area contributed by atoms with Gasteiger partial charge in [0.25, 0.3) is 0 Å². The number of aromatic nitrogens is 4. The fraction of sp³-hybridized carbons (Fsp3) is 0.368. The van der Waals surface area contributed by atoms with Crippen LogP contribution >= 0.6 is 0 Å². The van der Waals surface area contributed by atoms with E-state index >= 15 is 0 Å². The molecule has 0 saturated heterocycles. The van der Waals surface area contributed by atoms with E-state index in [9.17, 15) is 4.79 Å². The highest BCUT2D eigenvalue weighted by atomic mass is 16.5. The van der Waals surface area contributed by atoms with Gasteiger partial charge >= 0.3 is 0 Å². The van der Waals surface area contributed by atoms with Gasteiger partial charge in [0.15, 0.2) is 0 Å². The zero-order valence-corrected chi connectivity index (χ0v) is 15.4. The molecule has 0 aliphatic carbocycles. The molecule has 8 heteroatoms. The number of nitrogens with zero attached hydrogens (tertiary/aromatic N) is 5. The number of amides is 1. The molecule has 8 nitrogen and oxygen atoms in total. The highest BCUT2D eigenvalue weighted by Crippen LogP contribution is 2.24. The zero-order chi connectivity index (χ0) is 18.8. The lowest BCUT2D eigenvalue weighted by Gasteiger charge is -2.33. The van der Waals surface area contributed by atoms with Crippen LogP contribution in [0.25, 0.3) is 0 Å². The second-order valence-corrected chi connectivity index (χ2v) is 6.86. The summed E-state index contributed by atoms with van der Waals surface area (Å²) in [7, 11) is 0. The quantitative estimate of drug-likeness (QED) is 0.740. The Kier molecular flexibility index (Phi) is 4.72. The van der Waals surface area contributed by atoms with Gasteiger partial charge in [-0.2, -0.15) is 0 Å². The number of carbonyl (C=O) groups excluding carboxylic acids is 1. The normalized spacial score (nSPS) is 16.9. The summed E-state index contributed by atoms with van der Waals surface area (Å²) in [5.41, 5.74) is 3.97. The molecular weight excluding hydrogens is 344 g/mol. The van der Waals surface area contributed by atoms with E-state index in [2.05, 4.69) is 25.3 Å². The fourth-order valence-electron chi connectivity index (χ4n) is 3.45. The topological polar surface area (TPSA) is 89.1 Å². The Hall–Kier alpha value is -3.00. The number of aryl methyl sites for hydroxylation is 2. The van der Waals surface area contributed by atoms with Crippen LogP contribution < -0.4 is 5.32 Å². The summed E-state index contributed by atoms with van der Waals surface area (Å²) in [5.74, 6) is 0.797. The average molecular weight is 366 g/mol. The van der Waals surface area contributed by atoms with Crippen molar-refractivity contribution in [2.24, 2.45) is 0 Å². The van der Waals surface area contributed by atoms with Crippen LogP contribution in [-0.2, 0) is 24.4 Å². The zero-order valence-electron chi connectivity index (χ0n) is 15.4. The van der Waals surface area contributed by atoms with Crippen LogP contribution in [0.3, 0.4) is 0 Å². The molecule has 27 heavy (non-hydrogen) atoms. The summed E-state index contributed by atoms with van der Waals surface area (Å²) in [6, 6.07) is 3.48. The van der Waals surface area contributed by atoms with Crippen molar-refractivity contribution in [1.82, 2.24) is 29.9 Å². The molecule has 0 bridgehead atoms. The molecule has 0 unspecified atom stereocenters. The number of nitrogens with one attached hydrogen (secondary N) is 1. The maximum absolute atomic E-state index is 12.9. The van der Waals surface area contributed by atoms with Gasteiger partial charge in [-0.05, 0) is 25.5 Å². The van der Waals surface area contributed by atoms with Crippen molar-refractivity contribution in [3.63, 3.8) is 0 Å². The summed E-state index contributed by atoms with van der Waals surface area (Å²) in [4.78, 5) is 23.4. The van der Waals surface area contributed by atoms with Crippen LogP contribution in [0.1, 0.15) is 34.3 Å². The molecular formula is C19H22N6O2. The third-order valence-corrected chi connectivity index (χ3v) is 4.95. The van der Waals surface area contributed by atoms with Gasteiger partial charge in [-0.3, -0.25) is 14.7 Å². The average Bonchev–Trinajstić information content (AvgIpc) is 3.28. The molecule has 3 aromatic heterocycles. The maximum atomic E-state index is 12.9. The highest BCUT2D eigenvalue weighted by Gasteiger charge is 2.30. The van der Waals surface area contributed by atoms with Gasteiger partial charge in [0, 0.05) is 50.3 Å². The van der Waals surface area contributed by atoms with Gasteiger partial charge in [0.1, 0.15) is 11.8 Å². The minimum Gasteiger partial charge on any atom is -0.361 e. The number of fused-ring (bicyclic) bond motifs is 1. The van der Waals surface area contributed by atoms with Crippen molar-refractivity contribution < 1.29 is 9.32 Å². The Morgan fingerprint density at radius 1 is 1.33 bits per heavy atom. The van der Waals surface area contributed by atoms with Gasteiger partial charge in [0.2, 0.25) is 5.91 Å². The minimum atomic E-state index is -0.326. The molecule has 4 heterocycles. The molecule has 0 fully saturated rings. The van der Waals surface area contributed by atoms with Crippen molar-refractivity contribution in [2.45, 2.75) is 39.5 Å². The predicted octanol–water partition coefficient (Wildman–Crippen LogP) is 1.76. The van der Waals surface area contributed by atoms with Gasteiger partial charge in [-0.25, -0.2) is 4.98 Å². The Labute approximate surface area is 157 Å². The maximum Gasteiger partial charge on any atom is 0.244 e. The molecule has 1 aliphatic rings. The van der Waals surface area contributed by atoms with Crippen LogP contribution in [0.5, 0.6) is 0 Å². The first-order valence-electron chi connectivity index (χ1n) is 8.93. The van der Waals surface area contributed by atoms with Gasteiger partial charge in [0.05, 0.1) is 17.7 Å². The lowest BCUT2D eigenvalue weighted by molar-refractivity contribution is -0.125. The molecule has 0 saturated carbocycles. The van der Waals surface area contributed by atoms with Crippen LogP contribution in [0.4, 0.5) is 0 Å². The summed E-state index contributed by atoms with van der Waals surface area (Å²) >= 11 is 0. The Bertz CT molecular complexity index is 913. The largest absolute Gasteiger partial charge is 0.361 e. The van der Waals surface area contributed by atoms with E-state index in [1.807, 2.05) is 36.7 Å².